The Balaban J connectivity index is 3.03. The average Bonchev–Trinajstić information content (AvgIpc) is 2.28. The third kappa shape index (κ3) is 3.98. The first-order valence-electron chi connectivity index (χ1n) is 6.53. The molecule has 1 aromatic rings. The molecule has 0 aliphatic carbocycles. The van der Waals surface area contributed by atoms with Crippen molar-refractivity contribution in [3.8, 4) is 5.75 Å². The minimum atomic E-state index is -0.458. The van der Waals surface area contributed by atoms with Crippen LogP contribution in [0.2, 0.25) is 0 Å². The third-order valence-electron chi connectivity index (χ3n) is 3.01. The highest BCUT2D eigenvalue weighted by Gasteiger charge is 2.24. The molecular formula is C16H24O3. The SMILES string of the molecule is COc1cc(C)c(C(C)C(=O)OC(C)(C)C)cc1C. The van der Waals surface area contributed by atoms with E-state index in [-0.39, 0.29) is 11.9 Å². The minimum Gasteiger partial charge on any atom is -0.496 e. The molecule has 0 aliphatic rings. The van der Waals surface area contributed by atoms with E-state index < -0.39 is 5.60 Å². The fraction of sp³-hybridized carbons (Fsp3) is 0.562. The van der Waals surface area contributed by atoms with Gasteiger partial charge in [0, 0.05) is 0 Å². The predicted octanol–water partition coefficient (Wildman–Crippen LogP) is 3.76. The zero-order valence-electron chi connectivity index (χ0n) is 13.0. The second-order valence-electron chi connectivity index (χ2n) is 5.93. The normalized spacial score (nSPS) is 13.0. The van der Waals surface area contributed by atoms with E-state index in [1.807, 2.05) is 53.7 Å². The topological polar surface area (TPSA) is 35.5 Å². The Bertz CT molecular complexity index is 470. The van der Waals surface area contributed by atoms with Gasteiger partial charge in [0.1, 0.15) is 11.4 Å². The van der Waals surface area contributed by atoms with Crippen LogP contribution in [0.1, 0.15) is 50.3 Å². The van der Waals surface area contributed by atoms with Gasteiger partial charge in [-0.25, -0.2) is 0 Å². The van der Waals surface area contributed by atoms with Crippen molar-refractivity contribution in [1.82, 2.24) is 0 Å². The van der Waals surface area contributed by atoms with E-state index >= 15 is 0 Å². The molecule has 0 heterocycles. The Labute approximate surface area is 115 Å². The van der Waals surface area contributed by atoms with Gasteiger partial charge in [-0.3, -0.25) is 4.79 Å². The number of ether oxygens (including phenoxy) is 2. The molecular weight excluding hydrogens is 240 g/mol. The fourth-order valence-corrected chi connectivity index (χ4v) is 2.02. The number of esters is 1. The van der Waals surface area contributed by atoms with Crippen molar-refractivity contribution in [1.29, 1.82) is 0 Å². The zero-order valence-corrected chi connectivity index (χ0v) is 13.0. The standard InChI is InChI=1S/C16H24O3/c1-10-9-14(18-7)11(2)8-13(10)12(3)15(17)19-16(4,5)6/h8-9,12H,1-7H3. The third-order valence-corrected chi connectivity index (χ3v) is 3.01. The predicted molar refractivity (Wildman–Crippen MR) is 76.7 cm³/mol. The number of hydrogen-bond acceptors (Lipinski definition) is 3. The number of hydrogen-bond donors (Lipinski definition) is 0. The van der Waals surface area contributed by atoms with E-state index in [9.17, 15) is 4.79 Å². The summed E-state index contributed by atoms with van der Waals surface area (Å²) in [5.74, 6) is 0.377. The van der Waals surface area contributed by atoms with Crippen LogP contribution in [-0.4, -0.2) is 18.7 Å². The summed E-state index contributed by atoms with van der Waals surface area (Å²) in [6.45, 7) is 11.5. The molecule has 1 rings (SSSR count). The Morgan fingerprint density at radius 1 is 1.16 bits per heavy atom. The van der Waals surface area contributed by atoms with Gasteiger partial charge in [0.05, 0.1) is 13.0 Å². The highest BCUT2D eigenvalue weighted by molar-refractivity contribution is 5.78. The summed E-state index contributed by atoms with van der Waals surface area (Å²) in [7, 11) is 1.65. The quantitative estimate of drug-likeness (QED) is 0.780. The van der Waals surface area contributed by atoms with Crippen LogP contribution < -0.4 is 4.74 Å². The summed E-state index contributed by atoms with van der Waals surface area (Å²) >= 11 is 0. The Hall–Kier alpha value is -1.51. The van der Waals surface area contributed by atoms with Crippen LogP contribution in [0, 0.1) is 13.8 Å². The van der Waals surface area contributed by atoms with Crippen LogP contribution >= 0.6 is 0 Å². The number of carbonyl (C=O) groups excluding carboxylic acids is 1. The molecule has 1 unspecified atom stereocenters. The lowest BCUT2D eigenvalue weighted by Gasteiger charge is -2.23. The second-order valence-corrected chi connectivity index (χ2v) is 5.93. The molecule has 0 aliphatic heterocycles. The summed E-state index contributed by atoms with van der Waals surface area (Å²) in [5.41, 5.74) is 2.60. The van der Waals surface area contributed by atoms with Gasteiger partial charge in [0.25, 0.3) is 0 Å². The minimum absolute atomic E-state index is 0.194. The van der Waals surface area contributed by atoms with E-state index in [1.54, 1.807) is 7.11 Å². The van der Waals surface area contributed by atoms with Crippen LogP contribution in [0.5, 0.6) is 5.75 Å². The van der Waals surface area contributed by atoms with Gasteiger partial charge in [-0.15, -0.1) is 0 Å². The number of aryl methyl sites for hydroxylation is 2. The van der Waals surface area contributed by atoms with Crippen LogP contribution in [0.25, 0.3) is 0 Å². The highest BCUT2D eigenvalue weighted by Crippen LogP contribution is 2.29. The number of methoxy groups -OCH3 is 1. The van der Waals surface area contributed by atoms with Gasteiger partial charge in [0.15, 0.2) is 0 Å². The zero-order chi connectivity index (χ0) is 14.8. The van der Waals surface area contributed by atoms with Crippen molar-refractivity contribution in [2.45, 2.75) is 53.1 Å². The first-order valence-corrected chi connectivity index (χ1v) is 6.53. The first kappa shape index (κ1) is 15.5. The molecule has 0 amide bonds. The van der Waals surface area contributed by atoms with E-state index in [4.69, 9.17) is 9.47 Å². The fourth-order valence-electron chi connectivity index (χ4n) is 2.02. The highest BCUT2D eigenvalue weighted by atomic mass is 16.6. The largest absolute Gasteiger partial charge is 0.496 e. The second kappa shape index (κ2) is 5.64. The molecule has 0 aromatic heterocycles. The van der Waals surface area contributed by atoms with Crippen molar-refractivity contribution in [3.63, 3.8) is 0 Å². The number of benzene rings is 1. The van der Waals surface area contributed by atoms with Gasteiger partial charge in [-0.05, 0) is 64.3 Å². The molecule has 0 bridgehead atoms. The molecule has 3 heteroatoms. The monoisotopic (exact) mass is 264 g/mol. The maximum atomic E-state index is 12.1. The maximum absolute atomic E-state index is 12.1. The van der Waals surface area contributed by atoms with Crippen molar-refractivity contribution in [2.75, 3.05) is 7.11 Å². The Morgan fingerprint density at radius 2 is 1.74 bits per heavy atom. The van der Waals surface area contributed by atoms with Crippen LogP contribution in [-0.2, 0) is 9.53 Å². The van der Waals surface area contributed by atoms with E-state index in [0.29, 0.717) is 0 Å². The molecule has 3 nitrogen and oxygen atoms in total. The maximum Gasteiger partial charge on any atom is 0.313 e. The van der Waals surface area contributed by atoms with Gasteiger partial charge < -0.3 is 9.47 Å². The van der Waals surface area contributed by atoms with Crippen molar-refractivity contribution in [3.05, 3.63) is 28.8 Å². The molecule has 0 radical (unpaired) electrons. The summed E-state index contributed by atoms with van der Waals surface area (Å²) < 4.78 is 10.7. The molecule has 19 heavy (non-hydrogen) atoms. The summed E-state index contributed by atoms with van der Waals surface area (Å²) in [6, 6.07) is 3.97. The van der Waals surface area contributed by atoms with Crippen LogP contribution in [0.3, 0.4) is 0 Å². The lowest BCUT2D eigenvalue weighted by molar-refractivity contribution is -0.156. The summed E-state index contributed by atoms with van der Waals surface area (Å²) in [4.78, 5) is 12.1. The molecule has 1 atom stereocenters. The Morgan fingerprint density at radius 3 is 2.21 bits per heavy atom. The van der Waals surface area contributed by atoms with Crippen LogP contribution in [0.15, 0.2) is 12.1 Å². The molecule has 1 aromatic carbocycles. The molecule has 0 fully saturated rings. The smallest absolute Gasteiger partial charge is 0.313 e. The first-order chi connectivity index (χ1) is 8.65. The lowest BCUT2D eigenvalue weighted by atomic mass is 9.94. The van der Waals surface area contributed by atoms with Gasteiger partial charge in [0.2, 0.25) is 0 Å². The summed E-state index contributed by atoms with van der Waals surface area (Å²) in [6.07, 6.45) is 0. The van der Waals surface area contributed by atoms with Gasteiger partial charge in [-0.1, -0.05) is 6.07 Å². The molecule has 0 saturated heterocycles. The molecule has 0 spiro atoms. The molecule has 0 N–H and O–H groups in total. The number of rotatable bonds is 3. The van der Waals surface area contributed by atoms with Crippen molar-refractivity contribution < 1.29 is 14.3 Å². The van der Waals surface area contributed by atoms with Gasteiger partial charge in [-0.2, -0.15) is 0 Å². The van der Waals surface area contributed by atoms with E-state index in [2.05, 4.69) is 0 Å². The average molecular weight is 264 g/mol. The number of carbonyl (C=O) groups is 1. The lowest BCUT2D eigenvalue weighted by Crippen LogP contribution is -2.27. The van der Waals surface area contributed by atoms with Crippen molar-refractivity contribution in [2.24, 2.45) is 0 Å². The Kier molecular flexibility index (Phi) is 4.61. The van der Waals surface area contributed by atoms with Crippen LogP contribution in [0.4, 0.5) is 0 Å². The van der Waals surface area contributed by atoms with E-state index in [0.717, 1.165) is 22.4 Å². The summed E-state index contributed by atoms with van der Waals surface area (Å²) in [5, 5.41) is 0. The van der Waals surface area contributed by atoms with E-state index in [1.165, 1.54) is 0 Å². The van der Waals surface area contributed by atoms with Gasteiger partial charge >= 0.3 is 5.97 Å². The molecule has 106 valence electrons. The molecule has 0 saturated carbocycles. The van der Waals surface area contributed by atoms with Crippen molar-refractivity contribution >= 4 is 5.97 Å².